The van der Waals surface area contributed by atoms with Crippen LogP contribution in [0.5, 0.6) is 0 Å². The molecule has 0 saturated heterocycles. The molecule has 1 spiro atoms. The smallest absolute Gasteiger partial charge is 0.164 e. The van der Waals surface area contributed by atoms with Crippen LogP contribution >= 0.6 is 0 Å². The van der Waals surface area contributed by atoms with Crippen LogP contribution in [0.3, 0.4) is 0 Å². The Balaban J connectivity index is 1.05. The normalized spacial score (nSPS) is 16.9. The molecule has 3 nitrogen and oxygen atoms in total. The highest BCUT2D eigenvalue weighted by Crippen LogP contribution is 2.65. The molecule has 1 aromatic heterocycles. The summed E-state index contributed by atoms with van der Waals surface area (Å²) in [5.74, 6) is 2.01. The third-order valence-electron chi connectivity index (χ3n) is 13.6. The Morgan fingerprint density at radius 2 is 0.894 bits per heavy atom. The van der Waals surface area contributed by atoms with Crippen LogP contribution in [0.2, 0.25) is 0 Å². The van der Waals surface area contributed by atoms with Gasteiger partial charge in [0.25, 0.3) is 0 Å². The van der Waals surface area contributed by atoms with Crippen molar-refractivity contribution in [2.75, 3.05) is 0 Å². The Morgan fingerprint density at radius 1 is 0.424 bits per heavy atom. The highest BCUT2D eigenvalue weighted by Gasteiger charge is 2.54. The predicted octanol–water partition coefficient (Wildman–Crippen LogP) is 13.7. The second kappa shape index (κ2) is 16.1. The van der Waals surface area contributed by atoms with E-state index < -0.39 is 5.41 Å². The van der Waals surface area contributed by atoms with Gasteiger partial charge in [-0.3, -0.25) is 0 Å². The van der Waals surface area contributed by atoms with Crippen molar-refractivity contribution >= 4 is 17.7 Å². The van der Waals surface area contributed by atoms with Crippen molar-refractivity contribution in [3.63, 3.8) is 0 Å². The van der Waals surface area contributed by atoms with Crippen molar-refractivity contribution < 1.29 is 0 Å². The van der Waals surface area contributed by atoms with Gasteiger partial charge >= 0.3 is 0 Å². The molecule has 0 N–H and O–H groups in total. The van der Waals surface area contributed by atoms with Crippen LogP contribution in [0.15, 0.2) is 230 Å². The molecule has 3 aliphatic carbocycles. The number of aromatic nitrogens is 3. The van der Waals surface area contributed by atoms with Crippen molar-refractivity contribution in [3.05, 3.63) is 262 Å². The number of allylic oxidation sites excluding steroid dienone is 6. The van der Waals surface area contributed by atoms with Gasteiger partial charge in [-0.1, -0.05) is 213 Å². The lowest BCUT2D eigenvalue weighted by molar-refractivity contribution is 0.770. The summed E-state index contributed by atoms with van der Waals surface area (Å²) in [4.78, 5) is 15.7. The maximum atomic E-state index is 5.30. The highest BCUT2D eigenvalue weighted by molar-refractivity contribution is 6.02. The van der Waals surface area contributed by atoms with E-state index in [1.54, 1.807) is 0 Å². The second-order valence-corrected chi connectivity index (χ2v) is 17.5. The second-order valence-electron chi connectivity index (χ2n) is 17.5. The molecular formula is C63H45N3. The zero-order valence-corrected chi connectivity index (χ0v) is 36.9. The van der Waals surface area contributed by atoms with Gasteiger partial charge in [0.15, 0.2) is 17.5 Å². The Kier molecular flexibility index (Phi) is 9.57. The summed E-state index contributed by atoms with van der Waals surface area (Å²) in [6.07, 6.45) is 11.6. The Bertz CT molecular complexity index is 3500. The molecule has 3 heteroatoms. The van der Waals surface area contributed by atoms with Gasteiger partial charge in [-0.2, -0.15) is 0 Å². The first kappa shape index (κ1) is 39.3. The molecule has 1 heterocycles. The minimum Gasteiger partial charge on any atom is -0.208 e. The number of hydrogen-bond acceptors (Lipinski definition) is 3. The quantitative estimate of drug-likeness (QED) is 0.167. The minimum atomic E-state index is -0.462. The summed E-state index contributed by atoms with van der Waals surface area (Å²) in [5, 5.41) is 2.34. The molecule has 312 valence electrons. The Morgan fingerprint density at radius 3 is 1.47 bits per heavy atom. The van der Waals surface area contributed by atoms with Gasteiger partial charge in [-0.05, 0) is 114 Å². The lowest BCUT2D eigenvalue weighted by Crippen LogP contribution is -2.32. The topological polar surface area (TPSA) is 38.7 Å². The van der Waals surface area contributed by atoms with E-state index in [0.29, 0.717) is 17.5 Å². The molecule has 9 aromatic rings. The SMILES string of the molecule is C\C=C/C=C1\C(=C2/C=c3ccc(-c4nc(-c5ccccc5)nc(-c5cc(-c6ccccc6)cc(-c6ccccc6)c5)n4)cc3=CC2C)C2(c3ccccc31)c1ccccc1-c1ccccc12. The van der Waals surface area contributed by atoms with Crippen molar-refractivity contribution in [1.29, 1.82) is 0 Å². The summed E-state index contributed by atoms with van der Waals surface area (Å²) < 4.78 is 0. The largest absolute Gasteiger partial charge is 0.208 e. The molecule has 1 unspecified atom stereocenters. The van der Waals surface area contributed by atoms with Crippen LogP contribution < -0.4 is 10.4 Å². The van der Waals surface area contributed by atoms with E-state index in [0.717, 1.165) is 38.9 Å². The number of hydrogen-bond donors (Lipinski definition) is 0. The molecule has 12 rings (SSSR count). The molecule has 0 bridgehead atoms. The van der Waals surface area contributed by atoms with E-state index in [1.807, 2.05) is 18.2 Å². The maximum absolute atomic E-state index is 5.30. The van der Waals surface area contributed by atoms with Crippen LogP contribution in [0.4, 0.5) is 0 Å². The highest BCUT2D eigenvalue weighted by atomic mass is 15.0. The molecule has 0 aliphatic heterocycles. The molecule has 0 radical (unpaired) electrons. The van der Waals surface area contributed by atoms with E-state index in [-0.39, 0.29) is 5.92 Å². The van der Waals surface area contributed by atoms with E-state index in [1.165, 1.54) is 60.5 Å². The predicted molar refractivity (Wildman–Crippen MR) is 272 cm³/mol. The van der Waals surface area contributed by atoms with Gasteiger partial charge in [0.05, 0.1) is 5.41 Å². The van der Waals surface area contributed by atoms with E-state index in [2.05, 4.69) is 226 Å². The lowest BCUT2D eigenvalue weighted by atomic mass is 9.67. The third-order valence-corrected chi connectivity index (χ3v) is 13.6. The third kappa shape index (κ3) is 6.38. The van der Waals surface area contributed by atoms with Crippen molar-refractivity contribution in [2.45, 2.75) is 19.3 Å². The fourth-order valence-corrected chi connectivity index (χ4v) is 10.7. The summed E-state index contributed by atoms with van der Waals surface area (Å²) in [6.45, 7) is 4.45. The van der Waals surface area contributed by atoms with E-state index >= 15 is 0 Å². The number of fused-ring (bicyclic) bond motifs is 8. The maximum Gasteiger partial charge on any atom is 0.164 e. The first-order valence-electron chi connectivity index (χ1n) is 22.9. The molecule has 66 heavy (non-hydrogen) atoms. The van der Waals surface area contributed by atoms with Crippen LogP contribution in [0, 0.1) is 5.92 Å². The standard InChI is InChI=1S/C63H45N3/c1-3-4-26-54-53-29-16-19-32-58(53)63(56-30-17-14-27-51(56)52-28-15-18-31-57(52)63)59(54)55-40-45-33-34-46(36-47(45)35-41(55)2)61-64-60(44-24-12-7-13-25-44)65-62(66-61)50-38-48(42-20-8-5-9-21-42)37-49(39-50)43-22-10-6-11-23-43/h3-41H,1-2H3/b4-3-,54-26-,59-55-. The molecular weight excluding hydrogens is 799 g/mol. The Hall–Kier alpha value is -8.27. The molecule has 0 saturated carbocycles. The minimum absolute atomic E-state index is 0.105. The van der Waals surface area contributed by atoms with Crippen LogP contribution in [-0.2, 0) is 5.41 Å². The fraction of sp³-hybridized carbons (Fsp3) is 0.0635. The number of benzene rings is 8. The zero-order valence-electron chi connectivity index (χ0n) is 36.9. The molecule has 0 amide bonds. The Labute approximate surface area is 385 Å². The van der Waals surface area contributed by atoms with Crippen LogP contribution in [0.1, 0.15) is 36.1 Å². The van der Waals surface area contributed by atoms with Gasteiger partial charge in [-0.15, -0.1) is 0 Å². The summed E-state index contributed by atoms with van der Waals surface area (Å²) >= 11 is 0. The summed E-state index contributed by atoms with van der Waals surface area (Å²) in [6, 6.07) is 71.8. The average molecular weight is 844 g/mol. The van der Waals surface area contributed by atoms with Gasteiger partial charge in [0.2, 0.25) is 0 Å². The van der Waals surface area contributed by atoms with Crippen LogP contribution in [-0.4, -0.2) is 15.0 Å². The van der Waals surface area contributed by atoms with Gasteiger partial charge in [0.1, 0.15) is 0 Å². The summed E-state index contributed by atoms with van der Waals surface area (Å²) in [5.41, 5.74) is 18.7. The molecule has 1 atom stereocenters. The summed E-state index contributed by atoms with van der Waals surface area (Å²) in [7, 11) is 0. The van der Waals surface area contributed by atoms with E-state index in [9.17, 15) is 0 Å². The fourth-order valence-electron chi connectivity index (χ4n) is 10.7. The number of rotatable bonds is 6. The molecule has 0 fully saturated rings. The van der Waals surface area contributed by atoms with Gasteiger partial charge < -0.3 is 0 Å². The van der Waals surface area contributed by atoms with Crippen molar-refractivity contribution in [2.24, 2.45) is 5.92 Å². The van der Waals surface area contributed by atoms with Gasteiger partial charge in [-0.25, -0.2) is 15.0 Å². The molecule has 8 aromatic carbocycles. The van der Waals surface area contributed by atoms with Crippen LogP contribution in [0.25, 0.3) is 85.3 Å². The number of nitrogens with zero attached hydrogens (tertiary/aromatic N) is 3. The van der Waals surface area contributed by atoms with E-state index in [4.69, 9.17) is 15.0 Å². The van der Waals surface area contributed by atoms with Gasteiger partial charge in [0, 0.05) is 22.6 Å². The molecule has 3 aliphatic rings. The monoisotopic (exact) mass is 843 g/mol. The zero-order chi connectivity index (χ0) is 44.2. The van der Waals surface area contributed by atoms with Crippen molar-refractivity contribution in [3.8, 4) is 67.5 Å². The lowest BCUT2D eigenvalue weighted by Gasteiger charge is -2.34. The average Bonchev–Trinajstić information content (AvgIpc) is 3.85. The first-order valence-corrected chi connectivity index (χ1v) is 22.9. The first-order chi connectivity index (χ1) is 32.6. The van der Waals surface area contributed by atoms with Crippen molar-refractivity contribution in [1.82, 2.24) is 15.0 Å².